The summed E-state index contributed by atoms with van der Waals surface area (Å²) in [4.78, 5) is 26.7. The Morgan fingerprint density at radius 2 is 1.89 bits per heavy atom. The zero-order valence-corrected chi connectivity index (χ0v) is 15.2. The second-order valence-electron chi connectivity index (χ2n) is 6.24. The lowest BCUT2D eigenvalue weighted by Crippen LogP contribution is -2.35. The lowest BCUT2D eigenvalue weighted by atomic mass is 10.1. The molecule has 3 rings (SSSR count). The summed E-state index contributed by atoms with van der Waals surface area (Å²) in [6.45, 7) is 0.421. The van der Waals surface area contributed by atoms with Crippen LogP contribution in [0.15, 0.2) is 53.4 Å². The molecule has 0 aliphatic carbocycles. The van der Waals surface area contributed by atoms with Crippen molar-refractivity contribution in [1.82, 2.24) is 4.90 Å². The molecule has 8 heteroatoms. The van der Waals surface area contributed by atoms with Crippen molar-refractivity contribution in [2.24, 2.45) is 0 Å². The monoisotopic (exact) mass is 394 g/mol. The Hall–Kier alpha value is -2.48. The van der Waals surface area contributed by atoms with Crippen molar-refractivity contribution in [3.63, 3.8) is 0 Å². The molecule has 0 radical (unpaired) electrons. The Balaban J connectivity index is 1.66. The van der Waals surface area contributed by atoms with Gasteiger partial charge in [0, 0.05) is 24.9 Å². The smallest absolute Gasteiger partial charge is 0.341 e. The molecule has 27 heavy (non-hydrogen) atoms. The third-order valence-corrected chi connectivity index (χ3v) is 5.45. The summed E-state index contributed by atoms with van der Waals surface area (Å²) in [6.07, 6.45) is -4.50. The Morgan fingerprint density at radius 1 is 1.19 bits per heavy atom. The Labute approximate surface area is 158 Å². The minimum atomic E-state index is -4.47. The van der Waals surface area contributed by atoms with E-state index in [4.69, 9.17) is 0 Å². The van der Waals surface area contributed by atoms with Crippen molar-refractivity contribution in [1.29, 1.82) is 0 Å². The van der Waals surface area contributed by atoms with Crippen LogP contribution in [0.3, 0.4) is 0 Å². The maximum absolute atomic E-state index is 12.8. The van der Waals surface area contributed by atoms with Crippen LogP contribution >= 0.6 is 11.8 Å². The molecule has 0 bridgehead atoms. The summed E-state index contributed by atoms with van der Waals surface area (Å²) in [5.41, 5.74) is 0.277. The Morgan fingerprint density at radius 3 is 2.56 bits per heavy atom. The van der Waals surface area contributed by atoms with E-state index in [0.717, 1.165) is 29.5 Å². The highest BCUT2D eigenvalue weighted by Gasteiger charge is 2.34. The summed E-state index contributed by atoms with van der Waals surface area (Å²) in [7, 11) is 1.66. The van der Waals surface area contributed by atoms with Gasteiger partial charge in [0.1, 0.15) is 0 Å². The standard InChI is InChI=1S/C19H17F3N2O2S/c1-24(11-12-5-3-2-4-6-12)17(25)10-16-18(26)23-14-9-13(19(20,21)22)7-8-15(14)27-16/h2-9,16H,10-11H2,1H3,(H,23,26). The summed E-state index contributed by atoms with van der Waals surface area (Å²) >= 11 is 1.11. The molecular formula is C19H17F3N2O2S. The van der Waals surface area contributed by atoms with Gasteiger partial charge in [-0.3, -0.25) is 9.59 Å². The lowest BCUT2D eigenvalue weighted by molar-refractivity contribution is -0.137. The second-order valence-corrected chi connectivity index (χ2v) is 7.49. The average Bonchev–Trinajstić information content (AvgIpc) is 2.62. The van der Waals surface area contributed by atoms with Crippen LogP contribution in [0.2, 0.25) is 0 Å². The lowest BCUT2D eigenvalue weighted by Gasteiger charge is -2.26. The molecule has 1 atom stereocenters. The molecule has 2 amide bonds. The highest BCUT2D eigenvalue weighted by atomic mass is 32.2. The first-order chi connectivity index (χ1) is 12.7. The maximum atomic E-state index is 12.8. The first kappa shape index (κ1) is 19.3. The average molecular weight is 394 g/mol. The van der Waals surface area contributed by atoms with Crippen molar-refractivity contribution in [2.45, 2.75) is 29.3 Å². The van der Waals surface area contributed by atoms with Crippen LogP contribution in [0.4, 0.5) is 18.9 Å². The highest BCUT2D eigenvalue weighted by Crippen LogP contribution is 2.40. The molecule has 0 aromatic heterocycles. The third kappa shape index (κ3) is 4.63. The van der Waals surface area contributed by atoms with Crippen molar-refractivity contribution in [2.75, 3.05) is 12.4 Å². The number of alkyl halides is 3. The van der Waals surface area contributed by atoms with Crippen LogP contribution in [-0.4, -0.2) is 29.0 Å². The number of hydrogen-bond donors (Lipinski definition) is 1. The molecule has 1 N–H and O–H groups in total. The fourth-order valence-corrected chi connectivity index (χ4v) is 3.80. The van der Waals surface area contributed by atoms with Crippen LogP contribution in [-0.2, 0) is 22.3 Å². The quantitative estimate of drug-likeness (QED) is 0.847. The molecule has 1 unspecified atom stereocenters. The number of anilines is 1. The molecule has 2 aromatic carbocycles. The zero-order valence-electron chi connectivity index (χ0n) is 14.4. The van der Waals surface area contributed by atoms with E-state index in [9.17, 15) is 22.8 Å². The SMILES string of the molecule is CN(Cc1ccccc1)C(=O)CC1Sc2ccc(C(F)(F)F)cc2NC1=O. The van der Waals surface area contributed by atoms with Crippen LogP contribution < -0.4 is 5.32 Å². The van der Waals surface area contributed by atoms with Crippen molar-refractivity contribution in [3.8, 4) is 0 Å². The zero-order chi connectivity index (χ0) is 19.6. The van der Waals surface area contributed by atoms with E-state index in [2.05, 4.69) is 5.32 Å². The van der Waals surface area contributed by atoms with Crippen LogP contribution in [0.25, 0.3) is 0 Å². The number of fused-ring (bicyclic) bond motifs is 1. The van der Waals surface area contributed by atoms with Crippen molar-refractivity contribution >= 4 is 29.3 Å². The van der Waals surface area contributed by atoms with Gasteiger partial charge in [-0.2, -0.15) is 13.2 Å². The fourth-order valence-electron chi connectivity index (χ4n) is 2.72. The molecule has 2 aromatic rings. The van der Waals surface area contributed by atoms with Gasteiger partial charge < -0.3 is 10.2 Å². The Bertz CT molecular complexity index is 856. The third-order valence-electron chi connectivity index (χ3n) is 4.17. The van der Waals surface area contributed by atoms with E-state index >= 15 is 0 Å². The van der Waals surface area contributed by atoms with Crippen molar-refractivity contribution < 1.29 is 22.8 Å². The van der Waals surface area contributed by atoms with Gasteiger partial charge in [-0.05, 0) is 23.8 Å². The molecular weight excluding hydrogens is 377 g/mol. The van der Waals surface area contributed by atoms with Gasteiger partial charge >= 0.3 is 6.18 Å². The molecule has 4 nitrogen and oxygen atoms in total. The molecule has 0 saturated heterocycles. The predicted molar refractivity (Wildman–Crippen MR) is 97.3 cm³/mol. The molecule has 0 fully saturated rings. The maximum Gasteiger partial charge on any atom is 0.416 e. The van der Waals surface area contributed by atoms with Crippen LogP contribution in [0.5, 0.6) is 0 Å². The van der Waals surface area contributed by atoms with Gasteiger partial charge in [-0.1, -0.05) is 30.3 Å². The van der Waals surface area contributed by atoms with E-state index in [1.165, 1.54) is 11.0 Å². The summed E-state index contributed by atoms with van der Waals surface area (Å²) in [5.74, 6) is -0.671. The number of halogens is 3. The molecule has 142 valence electrons. The van der Waals surface area contributed by atoms with E-state index < -0.39 is 22.9 Å². The molecule has 0 saturated carbocycles. The minimum Gasteiger partial charge on any atom is -0.341 e. The molecule has 0 spiro atoms. The number of nitrogens with zero attached hydrogens (tertiary/aromatic N) is 1. The second kappa shape index (κ2) is 7.64. The van der Waals surface area contributed by atoms with Gasteiger partial charge in [0.15, 0.2) is 0 Å². The number of carbonyl (C=O) groups excluding carboxylic acids is 2. The summed E-state index contributed by atoms with van der Waals surface area (Å²) < 4.78 is 38.4. The van der Waals surface area contributed by atoms with Crippen LogP contribution in [0.1, 0.15) is 17.5 Å². The van der Waals surface area contributed by atoms with Gasteiger partial charge in [0.05, 0.1) is 16.5 Å². The van der Waals surface area contributed by atoms with Crippen LogP contribution in [0, 0.1) is 0 Å². The molecule has 1 aliphatic heterocycles. The molecule has 1 aliphatic rings. The predicted octanol–water partition coefficient (Wildman–Crippen LogP) is 4.17. The van der Waals surface area contributed by atoms with Gasteiger partial charge in [-0.25, -0.2) is 0 Å². The summed E-state index contributed by atoms with van der Waals surface area (Å²) in [5, 5.41) is 1.81. The number of rotatable bonds is 4. The minimum absolute atomic E-state index is 0.0275. The number of amides is 2. The normalized spacial score (nSPS) is 16.4. The van der Waals surface area contributed by atoms with Crippen molar-refractivity contribution in [3.05, 3.63) is 59.7 Å². The van der Waals surface area contributed by atoms with E-state index in [1.807, 2.05) is 30.3 Å². The number of nitrogens with one attached hydrogen (secondary N) is 1. The number of benzene rings is 2. The first-order valence-corrected chi connectivity index (χ1v) is 9.08. The fraction of sp³-hybridized carbons (Fsp3) is 0.263. The van der Waals surface area contributed by atoms with E-state index in [1.54, 1.807) is 7.05 Å². The topological polar surface area (TPSA) is 49.4 Å². The first-order valence-electron chi connectivity index (χ1n) is 8.20. The highest BCUT2D eigenvalue weighted by molar-refractivity contribution is 8.01. The van der Waals surface area contributed by atoms with E-state index in [0.29, 0.717) is 11.4 Å². The Kier molecular flexibility index (Phi) is 5.46. The number of carbonyl (C=O) groups is 2. The summed E-state index contributed by atoms with van der Waals surface area (Å²) in [6, 6.07) is 12.7. The largest absolute Gasteiger partial charge is 0.416 e. The van der Waals surface area contributed by atoms with E-state index in [-0.39, 0.29) is 18.0 Å². The molecule has 1 heterocycles. The van der Waals surface area contributed by atoms with Gasteiger partial charge in [0.2, 0.25) is 11.8 Å². The van der Waals surface area contributed by atoms with Gasteiger partial charge in [-0.15, -0.1) is 11.8 Å². The number of hydrogen-bond acceptors (Lipinski definition) is 3. The van der Waals surface area contributed by atoms with Gasteiger partial charge in [0.25, 0.3) is 0 Å². The number of thioether (sulfide) groups is 1.